The fourth-order valence-electron chi connectivity index (χ4n) is 3.43. The maximum absolute atomic E-state index is 4.52. The summed E-state index contributed by atoms with van der Waals surface area (Å²) in [6.45, 7) is 2.27. The van der Waals surface area contributed by atoms with Crippen molar-refractivity contribution in [1.82, 2.24) is 20.2 Å². The van der Waals surface area contributed by atoms with Gasteiger partial charge < -0.3 is 0 Å². The maximum atomic E-state index is 4.52. The average molecular weight is 375 g/mol. The predicted octanol–water partition coefficient (Wildman–Crippen LogP) is 6.28. The lowest BCUT2D eigenvalue weighted by atomic mass is 10.0. The molecule has 3 rings (SSSR count). The van der Waals surface area contributed by atoms with Crippen LogP contribution in [0.4, 0.5) is 0 Å². The predicted molar refractivity (Wildman–Crippen MR) is 115 cm³/mol. The van der Waals surface area contributed by atoms with Gasteiger partial charge in [0, 0.05) is 12.4 Å². The molecule has 0 fully saturated rings. The van der Waals surface area contributed by atoms with Crippen molar-refractivity contribution in [1.29, 1.82) is 0 Å². The first-order chi connectivity index (χ1) is 13.9. The smallest absolute Gasteiger partial charge is 0.115 e. The summed E-state index contributed by atoms with van der Waals surface area (Å²) in [4.78, 5) is 8.90. The van der Waals surface area contributed by atoms with Crippen molar-refractivity contribution in [3.63, 3.8) is 0 Å². The van der Waals surface area contributed by atoms with Crippen molar-refractivity contribution in [2.75, 3.05) is 0 Å². The summed E-state index contributed by atoms with van der Waals surface area (Å²) >= 11 is 0. The van der Waals surface area contributed by atoms with Gasteiger partial charge in [-0.15, -0.1) is 10.2 Å². The summed E-state index contributed by atoms with van der Waals surface area (Å²) in [7, 11) is 0. The molecule has 3 aromatic heterocycles. The molecule has 0 saturated carbocycles. The molecule has 0 aromatic carbocycles. The Morgan fingerprint density at radius 2 is 1.29 bits per heavy atom. The molecule has 0 aliphatic carbocycles. The van der Waals surface area contributed by atoms with Gasteiger partial charge in [0.15, 0.2) is 0 Å². The molecule has 0 aliphatic rings. The molecule has 28 heavy (non-hydrogen) atoms. The highest BCUT2D eigenvalue weighted by Crippen LogP contribution is 2.24. The van der Waals surface area contributed by atoms with Crippen LogP contribution in [0.1, 0.15) is 63.9 Å². The SMILES string of the molecule is CCCCCCCCCCc1cc(-c2ccccn2)nnc1-c1ccccn1. The van der Waals surface area contributed by atoms with Gasteiger partial charge in [0.05, 0.1) is 11.4 Å². The van der Waals surface area contributed by atoms with Crippen LogP contribution in [0.15, 0.2) is 54.9 Å². The second kappa shape index (κ2) is 11.3. The highest BCUT2D eigenvalue weighted by atomic mass is 15.1. The van der Waals surface area contributed by atoms with E-state index in [1.54, 1.807) is 6.20 Å². The Kier molecular flexibility index (Phi) is 8.10. The van der Waals surface area contributed by atoms with E-state index < -0.39 is 0 Å². The van der Waals surface area contributed by atoms with Crippen LogP contribution in [-0.2, 0) is 6.42 Å². The maximum Gasteiger partial charge on any atom is 0.115 e. The Hall–Kier alpha value is -2.62. The Balaban J connectivity index is 1.67. The Labute approximate surface area is 168 Å². The summed E-state index contributed by atoms with van der Waals surface area (Å²) in [5, 5.41) is 8.94. The lowest BCUT2D eigenvalue weighted by Gasteiger charge is -2.10. The summed E-state index contributed by atoms with van der Waals surface area (Å²) in [5.41, 5.74) is 4.68. The fourth-order valence-corrected chi connectivity index (χ4v) is 3.43. The Bertz CT molecular complexity index is 819. The van der Waals surface area contributed by atoms with Crippen LogP contribution in [0.2, 0.25) is 0 Å². The minimum Gasteiger partial charge on any atom is -0.255 e. The van der Waals surface area contributed by atoms with Gasteiger partial charge in [-0.3, -0.25) is 9.97 Å². The third-order valence-corrected chi connectivity index (χ3v) is 5.01. The zero-order valence-electron chi connectivity index (χ0n) is 16.8. The molecular weight excluding hydrogens is 344 g/mol. The van der Waals surface area contributed by atoms with Crippen molar-refractivity contribution in [3.8, 4) is 22.8 Å². The van der Waals surface area contributed by atoms with Gasteiger partial charge in [-0.1, -0.05) is 64.0 Å². The molecule has 0 spiro atoms. The molecule has 0 unspecified atom stereocenters. The van der Waals surface area contributed by atoms with E-state index in [9.17, 15) is 0 Å². The lowest BCUT2D eigenvalue weighted by molar-refractivity contribution is 0.575. The van der Waals surface area contributed by atoms with Crippen LogP contribution in [0.3, 0.4) is 0 Å². The highest BCUT2D eigenvalue weighted by Gasteiger charge is 2.12. The molecule has 0 atom stereocenters. The van der Waals surface area contributed by atoms with Gasteiger partial charge in [0.1, 0.15) is 11.4 Å². The normalized spacial score (nSPS) is 10.9. The largest absolute Gasteiger partial charge is 0.255 e. The first-order valence-electron chi connectivity index (χ1n) is 10.6. The lowest BCUT2D eigenvalue weighted by Crippen LogP contribution is -2.00. The molecule has 3 aromatic rings. The van der Waals surface area contributed by atoms with E-state index in [4.69, 9.17) is 0 Å². The standard InChI is InChI=1S/C24H30N4/c1-2-3-4-5-6-7-8-9-14-20-19-23(21-15-10-12-17-25-21)27-28-24(20)22-16-11-13-18-26-22/h10-13,15-19H,2-9,14H2,1H3. The first-order valence-corrected chi connectivity index (χ1v) is 10.6. The van der Waals surface area contributed by atoms with E-state index in [0.717, 1.165) is 29.2 Å². The highest BCUT2D eigenvalue weighted by molar-refractivity contribution is 5.63. The van der Waals surface area contributed by atoms with Gasteiger partial charge in [-0.25, -0.2) is 0 Å². The van der Waals surface area contributed by atoms with Crippen LogP contribution in [0, 0.1) is 0 Å². The van der Waals surface area contributed by atoms with Crippen LogP contribution in [0.25, 0.3) is 22.8 Å². The van der Waals surface area contributed by atoms with Crippen molar-refractivity contribution in [2.24, 2.45) is 0 Å². The van der Waals surface area contributed by atoms with Gasteiger partial charge >= 0.3 is 0 Å². The minimum atomic E-state index is 0.829. The van der Waals surface area contributed by atoms with Crippen LogP contribution >= 0.6 is 0 Å². The van der Waals surface area contributed by atoms with Gasteiger partial charge in [-0.2, -0.15) is 0 Å². The van der Waals surface area contributed by atoms with Gasteiger partial charge in [0.25, 0.3) is 0 Å². The van der Waals surface area contributed by atoms with Gasteiger partial charge in [-0.05, 0) is 48.7 Å². The molecular formula is C24H30N4. The molecule has 0 bridgehead atoms. The first kappa shape index (κ1) is 20.1. The van der Waals surface area contributed by atoms with Crippen molar-refractivity contribution < 1.29 is 0 Å². The zero-order valence-corrected chi connectivity index (χ0v) is 16.8. The molecule has 3 heterocycles. The molecule has 0 aliphatic heterocycles. The average Bonchev–Trinajstić information content (AvgIpc) is 2.77. The summed E-state index contributed by atoms with van der Waals surface area (Å²) in [6, 6.07) is 13.9. The van der Waals surface area contributed by atoms with Crippen molar-refractivity contribution >= 4 is 0 Å². The molecule has 0 saturated heterocycles. The second-order valence-corrected chi connectivity index (χ2v) is 7.26. The van der Waals surface area contributed by atoms with E-state index >= 15 is 0 Å². The Morgan fingerprint density at radius 3 is 1.93 bits per heavy atom. The molecule has 146 valence electrons. The third kappa shape index (κ3) is 5.95. The molecule has 0 radical (unpaired) electrons. The minimum absolute atomic E-state index is 0.829. The fraction of sp³-hybridized carbons (Fsp3) is 0.417. The molecule has 4 heteroatoms. The number of rotatable bonds is 11. The van der Waals surface area contributed by atoms with Crippen molar-refractivity contribution in [3.05, 3.63) is 60.4 Å². The van der Waals surface area contributed by atoms with E-state index in [0.29, 0.717) is 0 Å². The van der Waals surface area contributed by atoms with Crippen molar-refractivity contribution in [2.45, 2.75) is 64.7 Å². The zero-order chi connectivity index (χ0) is 19.4. The number of aromatic nitrogens is 4. The number of hydrogen-bond acceptors (Lipinski definition) is 4. The van der Waals surface area contributed by atoms with Crippen LogP contribution in [0.5, 0.6) is 0 Å². The number of pyridine rings is 2. The monoisotopic (exact) mass is 374 g/mol. The van der Waals surface area contributed by atoms with E-state index in [-0.39, 0.29) is 0 Å². The summed E-state index contributed by atoms with van der Waals surface area (Å²) in [5.74, 6) is 0. The van der Waals surface area contributed by atoms with E-state index in [2.05, 4.69) is 33.2 Å². The number of unbranched alkanes of at least 4 members (excludes halogenated alkanes) is 7. The molecule has 0 amide bonds. The topological polar surface area (TPSA) is 51.6 Å². The molecule has 4 nitrogen and oxygen atoms in total. The number of aryl methyl sites for hydroxylation is 1. The Morgan fingerprint density at radius 1 is 0.643 bits per heavy atom. The van der Waals surface area contributed by atoms with E-state index in [1.807, 2.05) is 42.6 Å². The van der Waals surface area contributed by atoms with Crippen LogP contribution < -0.4 is 0 Å². The second-order valence-electron chi connectivity index (χ2n) is 7.26. The molecule has 0 N–H and O–H groups in total. The summed E-state index contributed by atoms with van der Waals surface area (Å²) < 4.78 is 0. The van der Waals surface area contributed by atoms with E-state index in [1.165, 1.54) is 56.9 Å². The summed E-state index contributed by atoms with van der Waals surface area (Å²) in [6.07, 6.45) is 15.1. The number of hydrogen-bond donors (Lipinski definition) is 0. The van der Waals surface area contributed by atoms with Crippen LogP contribution in [-0.4, -0.2) is 20.2 Å². The quantitative estimate of drug-likeness (QED) is 0.370. The van der Waals surface area contributed by atoms with Gasteiger partial charge in [0.2, 0.25) is 0 Å². The third-order valence-electron chi connectivity index (χ3n) is 5.01. The number of nitrogens with zero attached hydrogens (tertiary/aromatic N) is 4.